The lowest BCUT2D eigenvalue weighted by molar-refractivity contribution is 0.0109. The van der Waals surface area contributed by atoms with Crippen LogP contribution in [-0.4, -0.2) is 38.5 Å². The van der Waals surface area contributed by atoms with E-state index >= 15 is 0 Å². The lowest BCUT2D eigenvalue weighted by Gasteiger charge is -2.25. The Hall–Kier alpha value is -1.59. The quantitative estimate of drug-likeness (QED) is 0.768. The van der Waals surface area contributed by atoms with Gasteiger partial charge in [0.2, 0.25) is 0 Å². The van der Waals surface area contributed by atoms with Crippen molar-refractivity contribution in [3.63, 3.8) is 0 Å². The van der Waals surface area contributed by atoms with Crippen LogP contribution in [0, 0.1) is 5.41 Å². The monoisotopic (exact) mass is 292 g/mol. The Labute approximate surface area is 126 Å². The number of carbonyl (C=O) groups excluding carboxylic acids is 1. The summed E-state index contributed by atoms with van der Waals surface area (Å²) in [6, 6.07) is 10.3. The van der Waals surface area contributed by atoms with E-state index in [1.165, 1.54) is 5.56 Å². The Morgan fingerprint density at radius 3 is 2.81 bits per heavy atom. The van der Waals surface area contributed by atoms with Crippen molar-refractivity contribution in [2.75, 3.05) is 26.3 Å². The van der Waals surface area contributed by atoms with Crippen molar-refractivity contribution in [3.05, 3.63) is 35.9 Å². The fourth-order valence-corrected chi connectivity index (χ4v) is 2.18. The fraction of sp³-hybridized carbons (Fsp3) is 0.562. The van der Waals surface area contributed by atoms with Gasteiger partial charge in [-0.3, -0.25) is 0 Å². The van der Waals surface area contributed by atoms with Crippen LogP contribution in [0.2, 0.25) is 0 Å². The maximum atomic E-state index is 10.9. The van der Waals surface area contributed by atoms with E-state index in [2.05, 4.69) is 36.6 Å². The molecule has 1 unspecified atom stereocenters. The highest BCUT2D eigenvalue weighted by atomic mass is 16.6. The maximum absolute atomic E-state index is 10.9. The molecule has 1 saturated heterocycles. The van der Waals surface area contributed by atoms with E-state index < -0.39 is 0 Å². The third kappa shape index (κ3) is 5.73. The second-order valence-electron chi connectivity index (χ2n) is 6.18. The van der Waals surface area contributed by atoms with Crippen LogP contribution in [-0.2, 0) is 16.0 Å². The molecule has 1 fully saturated rings. The van der Waals surface area contributed by atoms with Gasteiger partial charge in [-0.15, -0.1) is 0 Å². The third-order valence-corrected chi connectivity index (χ3v) is 3.32. The molecule has 2 rings (SSSR count). The SMILES string of the molecule is CC(C)(CNCc1ccccc1)COCC1CNC(=O)O1. The van der Waals surface area contributed by atoms with Gasteiger partial charge in [-0.25, -0.2) is 4.79 Å². The minimum absolute atomic E-state index is 0.0326. The summed E-state index contributed by atoms with van der Waals surface area (Å²) in [5, 5.41) is 6.07. The summed E-state index contributed by atoms with van der Waals surface area (Å²) in [6.45, 7) is 7.64. The number of hydrogen-bond donors (Lipinski definition) is 2. The summed E-state index contributed by atoms with van der Waals surface area (Å²) in [4.78, 5) is 10.9. The summed E-state index contributed by atoms with van der Waals surface area (Å²) < 4.78 is 10.7. The average Bonchev–Trinajstić information content (AvgIpc) is 2.85. The van der Waals surface area contributed by atoms with Gasteiger partial charge < -0.3 is 20.1 Å². The highest BCUT2D eigenvalue weighted by Crippen LogP contribution is 2.15. The molecule has 0 aliphatic carbocycles. The first-order chi connectivity index (χ1) is 10.1. The Balaban J connectivity index is 1.61. The maximum Gasteiger partial charge on any atom is 0.407 e. The van der Waals surface area contributed by atoms with Gasteiger partial charge in [-0.05, 0) is 5.56 Å². The predicted octanol–water partition coefficient (Wildman–Crippen LogP) is 1.93. The lowest BCUT2D eigenvalue weighted by Crippen LogP contribution is -2.34. The molecular formula is C16H24N2O3. The molecule has 0 saturated carbocycles. The number of amides is 1. The first-order valence-electron chi connectivity index (χ1n) is 7.32. The second-order valence-corrected chi connectivity index (χ2v) is 6.18. The van der Waals surface area contributed by atoms with Gasteiger partial charge in [0.05, 0.1) is 19.8 Å². The molecule has 21 heavy (non-hydrogen) atoms. The van der Waals surface area contributed by atoms with Gasteiger partial charge >= 0.3 is 6.09 Å². The van der Waals surface area contributed by atoms with E-state index in [1.54, 1.807) is 0 Å². The summed E-state index contributed by atoms with van der Waals surface area (Å²) in [7, 11) is 0. The summed E-state index contributed by atoms with van der Waals surface area (Å²) in [6.07, 6.45) is -0.516. The Morgan fingerprint density at radius 1 is 1.38 bits per heavy atom. The molecule has 116 valence electrons. The van der Waals surface area contributed by atoms with E-state index in [-0.39, 0.29) is 17.6 Å². The number of cyclic esters (lactones) is 1. The van der Waals surface area contributed by atoms with Gasteiger partial charge in [-0.2, -0.15) is 0 Å². The van der Waals surface area contributed by atoms with Crippen molar-refractivity contribution in [1.29, 1.82) is 0 Å². The molecule has 5 nitrogen and oxygen atoms in total. The highest BCUT2D eigenvalue weighted by Gasteiger charge is 2.24. The van der Waals surface area contributed by atoms with Gasteiger partial charge in [0.1, 0.15) is 6.10 Å². The molecule has 1 heterocycles. The van der Waals surface area contributed by atoms with Crippen molar-refractivity contribution >= 4 is 6.09 Å². The number of benzene rings is 1. The fourth-order valence-electron chi connectivity index (χ4n) is 2.18. The number of ether oxygens (including phenoxy) is 2. The number of rotatable bonds is 8. The van der Waals surface area contributed by atoms with Crippen LogP contribution in [0.1, 0.15) is 19.4 Å². The second kappa shape index (κ2) is 7.43. The normalized spacial score (nSPS) is 18.4. The van der Waals surface area contributed by atoms with E-state index in [0.717, 1.165) is 13.1 Å². The largest absolute Gasteiger partial charge is 0.442 e. The molecule has 2 N–H and O–H groups in total. The zero-order chi connectivity index (χ0) is 15.1. The van der Waals surface area contributed by atoms with Crippen molar-refractivity contribution in [1.82, 2.24) is 10.6 Å². The van der Waals surface area contributed by atoms with Crippen LogP contribution >= 0.6 is 0 Å². The van der Waals surface area contributed by atoms with Crippen LogP contribution in [0.25, 0.3) is 0 Å². The van der Waals surface area contributed by atoms with Crippen LogP contribution in [0.4, 0.5) is 4.79 Å². The summed E-state index contributed by atoms with van der Waals surface area (Å²) in [5.74, 6) is 0. The summed E-state index contributed by atoms with van der Waals surface area (Å²) in [5.41, 5.74) is 1.31. The lowest BCUT2D eigenvalue weighted by atomic mass is 9.95. The Bertz CT molecular complexity index is 448. The molecule has 1 aromatic carbocycles. The van der Waals surface area contributed by atoms with Crippen LogP contribution in [0.3, 0.4) is 0 Å². The summed E-state index contributed by atoms with van der Waals surface area (Å²) >= 11 is 0. The van der Waals surface area contributed by atoms with Crippen LogP contribution < -0.4 is 10.6 Å². The molecule has 5 heteroatoms. The highest BCUT2D eigenvalue weighted by molar-refractivity contribution is 5.69. The van der Waals surface area contributed by atoms with Crippen LogP contribution in [0.15, 0.2) is 30.3 Å². The number of nitrogens with one attached hydrogen (secondary N) is 2. The van der Waals surface area contributed by atoms with Crippen LogP contribution in [0.5, 0.6) is 0 Å². The molecule has 1 atom stereocenters. The molecule has 1 aromatic rings. The Kier molecular flexibility index (Phi) is 5.59. The van der Waals surface area contributed by atoms with E-state index in [0.29, 0.717) is 19.8 Å². The van der Waals surface area contributed by atoms with Crippen molar-refractivity contribution in [2.24, 2.45) is 5.41 Å². The molecule has 0 spiro atoms. The molecule has 1 amide bonds. The smallest absolute Gasteiger partial charge is 0.407 e. The van der Waals surface area contributed by atoms with E-state index in [4.69, 9.17) is 9.47 Å². The minimum atomic E-state index is -0.354. The first-order valence-corrected chi connectivity index (χ1v) is 7.32. The zero-order valence-electron chi connectivity index (χ0n) is 12.7. The number of hydrogen-bond acceptors (Lipinski definition) is 4. The van der Waals surface area contributed by atoms with Crippen molar-refractivity contribution in [3.8, 4) is 0 Å². The number of carbonyl (C=O) groups is 1. The standard InChI is InChI=1S/C16H24N2O3/c1-16(2,11-17-8-13-6-4-3-5-7-13)12-20-10-14-9-18-15(19)21-14/h3-7,14,17H,8-12H2,1-2H3,(H,18,19). The minimum Gasteiger partial charge on any atom is -0.442 e. The van der Waals surface area contributed by atoms with Gasteiger partial charge in [0.25, 0.3) is 0 Å². The third-order valence-electron chi connectivity index (χ3n) is 3.32. The molecule has 1 aliphatic heterocycles. The average molecular weight is 292 g/mol. The van der Waals surface area contributed by atoms with E-state index in [9.17, 15) is 4.79 Å². The molecule has 0 bridgehead atoms. The molecule has 0 aromatic heterocycles. The molecule has 0 radical (unpaired) electrons. The van der Waals surface area contributed by atoms with Crippen molar-refractivity contribution < 1.29 is 14.3 Å². The Morgan fingerprint density at radius 2 is 2.14 bits per heavy atom. The van der Waals surface area contributed by atoms with Crippen molar-refractivity contribution in [2.45, 2.75) is 26.5 Å². The predicted molar refractivity (Wildman–Crippen MR) is 81.0 cm³/mol. The van der Waals surface area contributed by atoms with Gasteiger partial charge in [0, 0.05) is 18.5 Å². The van der Waals surface area contributed by atoms with Gasteiger partial charge in [-0.1, -0.05) is 44.2 Å². The van der Waals surface area contributed by atoms with Gasteiger partial charge in [0.15, 0.2) is 0 Å². The zero-order valence-corrected chi connectivity index (χ0v) is 12.7. The molecular weight excluding hydrogens is 268 g/mol. The molecule has 1 aliphatic rings. The number of alkyl carbamates (subject to hydrolysis) is 1. The first kappa shape index (κ1) is 15.8. The topological polar surface area (TPSA) is 59.6 Å². The van der Waals surface area contributed by atoms with E-state index in [1.807, 2.05) is 18.2 Å².